The van der Waals surface area contributed by atoms with Gasteiger partial charge in [-0.25, -0.2) is 5.06 Å². The number of aliphatic hydroxyl groups excluding tert-OH is 1. The number of hydrogen-bond acceptors (Lipinski definition) is 14. The average molecular weight is 781 g/mol. The van der Waals surface area contributed by atoms with Gasteiger partial charge in [-0.05, 0) is 78.8 Å². The molecule has 1 aliphatic heterocycles. The highest BCUT2D eigenvalue weighted by Gasteiger charge is 2.36. The van der Waals surface area contributed by atoms with Gasteiger partial charge in [0, 0.05) is 63.3 Å². The number of amides is 1. The van der Waals surface area contributed by atoms with Crippen LogP contribution in [0.4, 0.5) is 11.4 Å². The van der Waals surface area contributed by atoms with Gasteiger partial charge in [-0.2, -0.15) is 0 Å². The van der Waals surface area contributed by atoms with E-state index in [-0.39, 0.29) is 53.3 Å². The molecule has 15 heteroatoms. The number of hydroxylamine groups is 2. The molecule has 55 heavy (non-hydrogen) atoms. The molecule has 1 heterocycles. The van der Waals surface area contributed by atoms with Gasteiger partial charge >= 0.3 is 17.9 Å². The lowest BCUT2D eigenvalue weighted by atomic mass is 9.95. The summed E-state index contributed by atoms with van der Waals surface area (Å²) in [6, 6.07) is 10.7. The fourth-order valence-corrected chi connectivity index (χ4v) is 4.56. The molecule has 3 rings (SSSR count). The van der Waals surface area contributed by atoms with E-state index < -0.39 is 29.7 Å². The summed E-state index contributed by atoms with van der Waals surface area (Å²) < 4.78 is 14.3. The summed E-state index contributed by atoms with van der Waals surface area (Å²) in [4.78, 5) is 59.6. The number of esters is 3. The molecule has 0 bridgehead atoms. The van der Waals surface area contributed by atoms with Crippen molar-refractivity contribution in [2.45, 2.75) is 69.2 Å². The fourth-order valence-electron chi connectivity index (χ4n) is 4.56. The number of aromatic hydroxyl groups is 1. The molecule has 1 atom stereocenters. The number of carbonyl (C=O) groups excluding carboxylic acids is 5. The number of rotatable bonds is 14. The standard InChI is InChI=1S/C15H20N2O4.C11H15NO2.C7H12O4.C3H9NO.C2H4.2CH4/c1-4-17(5-2)11-7-6-10-8-12(14(18)16(3)20)15(19)21-13(10)9-11;1-3-12(4-2)10-6-5-9(8-13)11(14)7-10;1-3-10-6(8)5-7(9)11-4-2;1-4-2-3-5;1-2;;/h6-7,9,12,20H,4-5,8H2,1-3H3;5-8,14H,3-4H2,1-2H3;3-5H2,1-2H3;4-5H,2-3H2,1H3;1-2H2;2*1H4. The molecule has 0 saturated carbocycles. The Balaban J connectivity index is -0.000000335. The second-order valence-corrected chi connectivity index (χ2v) is 10.7. The van der Waals surface area contributed by atoms with Gasteiger partial charge in [-0.15, -0.1) is 13.2 Å². The van der Waals surface area contributed by atoms with Gasteiger partial charge in [0.2, 0.25) is 0 Å². The number of nitrogens with one attached hydrogen (secondary N) is 1. The smallest absolute Gasteiger partial charge is 0.324 e. The van der Waals surface area contributed by atoms with E-state index in [1.165, 1.54) is 7.05 Å². The van der Waals surface area contributed by atoms with Gasteiger partial charge in [-0.3, -0.25) is 29.2 Å². The lowest BCUT2D eigenvalue weighted by molar-refractivity contribution is -0.170. The van der Waals surface area contributed by atoms with Crippen molar-refractivity contribution in [2.24, 2.45) is 5.92 Å². The lowest BCUT2D eigenvalue weighted by Gasteiger charge is -2.26. The third-order valence-electron chi connectivity index (χ3n) is 7.25. The third-order valence-corrected chi connectivity index (χ3v) is 7.25. The van der Waals surface area contributed by atoms with Crippen LogP contribution in [0.3, 0.4) is 0 Å². The van der Waals surface area contributed by atoms with Crippen LogP contribution in [0, 0.1) is 5.92 Å². The zero-order chi connectivity index (χ0) is 40.9. The van der Waals surface area contributed by atoms with E-state index in [0.29, 0.717) is 29.2 Å². The quantitative estimate of drug-likeness (QED) is 0.0368. The first-order valence-corrected chi connectivity index (χ1v) is 17.5. The van der Waals surface area contributed by atoms with Crippen molar-refractivity contribution in [3.63, 3.8) is 0 Å². The van der Waals surface area contributed by atoms with Crippen LogP contribution >= 0.6 is 0 Å². The van der Waals surface area contributed by atoms with Gasteiger partial charge in [0.15, 0.2) is 6.29 Å². The van der Waals surface area contributed by atoms with Crippen LogP contribution < -0.4 is 19.9 Å². The fraction of sp³-hybridized carbons (Fsp3) is 0.525. The number of phenolic OH excluding ortho intramolecular Hbond substituents is 1. The Hall–Kier alpha value is -4.99. The topological polar surface area (TPSA) is 195 Å². The van der Waals surface area contributed by atoms with Crippen LogP contribution in [-0.4, -0.2) is 117 Å². The van der Waals surface area contributed by atoms with Crippen LogP contribution in [0.5, 0.6) is 11.5 Å². The first-order chi connectivity index (χ1) is 25.3. The molecule has 0 aliphatic carbocycles. The molecule has 0 fully saturated rings. The zero-order valence-electron chi connectivity index (χ0n) is 32.6. The number of phenols is 1. The highest BCUT2D eigenvalue weighted by Crippen LogP contribution is 2.32. The number of aliphatic hydroxyl groups is 1. The van der Waals surface area contributed by atoms with E-state index >= 15 is 0 Å². The number of aldehydes is 1. The molecule has 0 spiro atoms. The maximum Gasteiger partial charge on any atom is 0.324 e. The van der Waals surface area contributed by atoms with Crippen molar-refractivity contribution < 1.29 is 53.6 Å². The van der Waals surface area contributed by atoms with Crippen molar-refractivity contribution in [1.29, 1.82) is 0 Å². The van der Waals surface area contributed by atoms with Crippen molar-refractivity contribution >= 4 is 41.5 Å². The number of carbonyl (C=O) groups is 5. The molecule has 0 saturated heterocycles. The summed E-state index contributed by atoms with van der Waals surface area (Å²) in [5.74, 6) is -2.79. The highest BCUT2D eigenvalue weighted by atomic mass is 16.6. The van der Waals surface area contributed by atoms with Crippen molar-refractivity contribution in [3.8, 4) is 11.5 Å². The lowest BCUT2D eigenvalue weighted by Crippen LogP contribution is -2.40. The molecule has 1 aliphatic rings. The summed E-state index contributed by atoms with van der Waals surface area (Å²) in [7, 11) is 3.00. The molecule has 15 nitrogen and oxygen atoms in total. The number of nitrogens with zero attached hydrogens (tertiary/aromatic N) is 3. The summed E-state index contributed by atoms with van der Waals surface area (Å²) in [5.41, 5.74) is 3.06. The van der Waals surface area contributed by atoms with E-state index in [9.17, 15) is 34.3 Å². The number of hydrogen-bond donors (Lipinski definition) is 4. The number of benzene rings is 2. The van der Waals surface area contributed by atoms with E-state index in [1.54, 1.807) is 33.0 Å². The van der Waals surface area contributed by atoms with Gasteiger partial charge in [0.05, 0.1) is 25.4 Å². The average Bonchev–Trinajstić information content (AvgIpc) is 3.14. The van der Waals surface area contributed by atoms with Crippen LogP contribution in [0.1, 0.15) is 78.7 Å². The Bertz CT molecular complexity index is 1360. The SMILES string of the molecule is C.C.C=C.CCN(CC)c1ccc(C=O)c(O)c1.CCN(CC)c1ccc2c(c1)OC(=O)C(C(=O)N(C)O)C2.CCOC(=O)CC(=O)OCC.CNCCO. The molecule has 4 N–H and O–H groups in total. The maximum atomic E-state index is 11.9. The van der Waals surface area contributed by atoms with E-state index in [4.69, 9.17) is 9.84 Å². The van der Waals surface area contributed by atoms with E-state index in [0.717, 1.165) is 43.1 Å². The number of likely N-dealkylation sites (N-methyl/N-ethyl adjacent to an activating group) is 1. The van der Waals surface area contributed by atoms with Crippen molar-refractivity contribution in [2.75, 3.05) is 76.4 Å². The molecular weight excluding hydrogens is 712 g/mol. The van der Waals surface area contributed by atoms with Crippen molar-refractivity contribution in [1.82, 2.24) is 10.4 Å². The minimum atomic E-state index is -0.980. The van der Waals surface area contributed by atoms with E-state index in [2.05, 4.69) is 51.6 Å². The van der Waals surface area contributed by atoms with Crippen LogP contribution in [0.25, 0.3) is 0 Å². The van der Waals surface area contributed by atoms with Gasteiger partial charge in [0.1, 0.15) is 23.8 Å². The Kier molecular flexibility index (Phi) is 34.6. The maximum absolute atomic E-state index is 11.9. The largest absolute Gasteiger partial charge is 0.507 e. The number of anilines is 2. The van der Waals surface area contributed by atoms with Crippen LogP contribution in [0.15, 0.2) is 49.6 Å². The van der Waals surface area contributed by atoms with Crippen LogP contribution in [0.2, 0.25) is 0 Å². The molecule has 2 aromatic rings. The molecule has 0 radical (unpaired) electrons. The third kappa shape index (κ3) is 21.5. The zero-order valence-corrected chi connectivity index (χ0v) is 32.6. The predicted octanol–water partition coefficient (Wildman–Crippen LogP) is 5.28. The molecule has 0 aromatic heterocycles. The Morgan fingerprint density at radius 1 is 0.891 bits per heavy atom. The van der Waals surface area contributed by atoms with Gasteiger partial charge in [0.25, 0.3) is 5.91 Å². The Morgan fingerprint density at radius 2 is 1.36 bits per heavy atom. The number of ether oxygens (including phenoxy) is 3. The molecule has 1 unspecified atom stereocenters. The van der Waals surface area contributed by atoms with Gasteiger partial charge in [-0.1, -0.05) is 20.9 Å². The molecule has 1 amide bonds. The summed E-state index contributed by atoms with van der Waals surface area (Å²) in [6.45, 7) is 22.6. The summed E-state index contributed by atoms with van der Waals surface area (Å²) in [5, 5.41) is 29.9. The summed E-state index contributed by atoms with van der Waals surface area (Å²) in [6.07, 6.45) is 0.611. The van der Waals surface area contributed by atoms with Crippen molar-refractivity contribution in [3.05, 3.63) is 60.7 Å². The first-order valence-electron chi connectivity index (χ1n) is 17.5. The van der Waals surface area contributed by atoms with Gasteiger partial charge < -0.3 is 39.5 Å². The predicted molar refractivity (Wildman–Crippen MR) is 218 cm³/mol. The first kappa shape index (κ1) is 56.7. The normalized spacial score (nSPS) is 11.6. The molecule has 314 valence electrons. The Labute approximate surface area is 328 Å². The summed E-state index contributed by atoms with van der Waals surface area (Å²) >= 11 is 0. The second-order valence-electron chi connectivity index (χ2n) is 10.7. The molecular formula is C40H68N4O11. The van der Waals surface area contributed by atoms with Crippen LogP contribution in [-0.2, 0) is 35.1 Å². The second kappa shape index (κ2) is 33.6. The Morgan fingerprint density at radius 3 is 1.73 bits per heavy atom. The van der Waals surface area contributed by atoms with E-state index in [1.807, 2.05) is 38.1 Å². The highest BCUT2D eigenvalue weighted by molar-refractivity contribution is 5.99. The number of fused-ring (bicyclic) bond motifs is 1. The monoisotopic (exact) mass is 780 g/mol. The molecule has 2 aromatic carbocycles. The minimum Gasteiger partial charge on any atom is -0.507 e. The minimum absolute atomic E-state index is 0.